The molecule has 0 fully saturated rings. The lowest BCUT2D eigenvalue weighted by atomic mass is 10.1. The van der Waals surface area contributed by atoms with Gasteiger partial charge in [-0.3, -0.25) is 19.3 Å². The summed E-state index contributed by atoms with van der Waals surface area (Å²) in [5.41, 5.74) is 3.78. The highest BCUT2D eigenvalue weighted by molar-refractivity contribution is 6.19. The molecule has 0 spiro atoms. The maximum Gasteiger partial charge on any atom is 0.266 e. The van der Waals surface area contributed by atoms with E-state index in [0.717, 1.165) is 16.8 Å². The van der Waals surface area contributed by atoms with E-state index in [1.54, 1.807) is 18.0 Å². The summed E-state index contributed by atoms with van der Waals surface area (Å²) >= 11 is 0. The van der Waals surface area contributed by atoms with Crippen molar-refractivity contribution in [3.05, 3.63) is 52.7 Å². The van der Waals surface area contributed by atoms with Crippen LogP contribution in [-0.2, 0) is 13.0 Å². The first kappa shape index (κ1) is 21.9. The zero-order valence-corrected chi connectivity index (χ0v) is 19.5. The highest BCUT2D eigenvalue weighted by atomic mass is 19.1. The Kier molecular flexibility index (Phi) is 5.48. The molecule has 0 radical (unpaired) electrons. The SMILES string of the molecule is C/C=C(\N=C(/C)F)c1ccc(Cn2nc3c(c2CC)C(=O)N(C)C2=NC(C)(C)CN23)cc1. The summed E-state index contributed by atoms with van der Waals surface area (Å²) in [6.07, 6.45) is 2.48. The topological polar surface area (TPSA) is 66.1 Å². The number of anilines is 1. The second-order valence-corrected chi connectivity index (χ2v) is 8.81. The smallest absolute Gasteiger partial charge is 0.266 e. The van der Waals surface area contributed by atoms with Crippen LogP contribution in [0.15, 0.2) is 40.3 Å². The van der Waals surface area contributed by atoms with Crippen molar-refractivity contribution in [1.29, 1.82) is 0 Å². The van der Waals surface area contributed by atoms with Crippen molar-refractivity contribution in [2.24, 2.45) is 9.98 Å². The summed E-state index contributed by atoms with van der Waals surface area (Å²) in [7, 11) is 1.77. The first-order valence-electron chi connectivity index (χ1n) is 10.9. The predicted octanol–water partition coefficient (Wildman–Crippen LogP) is 4.28. The van der Waals surface area contributed by atoms with Crippen LogP contribution in [0.2, 0.25) is 0 Å². The number of guanidine groups is 1. The number of benzene rings is 1. The molecule has 0 saturated heterocycles. The minimum absolute atomic E-state index is 0.0664. The third kappa shape index (κ3) is 3.74. The number of rotatable bonds is 5. The van der Waals surface area contributed by atoms with E-state index in [-0.39, 0.29) is 11.4 Å². The van der Waals surface area contributed by atoms with Gasteiger partial charge < -0.3 is 0 Å². The molecule has 168 valence electrons. The van der Waals surface area contributed by atoms with Gasteiger partial charge in [-0.2, -0.15) is 9.49 Å². The fourth-order valence-electron chi connectivity index (χ4n) is 4.30. The average molecular weight is 437 g/mol. The Morgan fingerprint density at radius 3 is 2.56 bits per heavy atom. The molecule has 0 atom stereocenters. The number of aliphatic imine (C=N–C) groups is 2. The predicted molar refractivity (Wildman–Crippen MR) is 126 cm³/mol. The van der Waals surface area contributed by atoms with Gasteiger partial charge >= 0.3 is 0 Å². The van der Waals surface area contributed by atoms with E-state index in [4.69, 9.17) is 10.1 Å². The second kappa shape index (κ2) is 8.00. The Balaban J connectivity index is 1.68. The minimum atomic E-state index is -0.473. The standard InChI is InChI=1S/C24H29FN6O/c1-7-18(26-15(3)25)17-11-9-16(10-12-17)13-31-19(8-2)20-21(28-31)30-14-24(4,5)27-23(30)29(6)22(20)32/h7,9-12H,8,13-14H2,1-6H3/b18-7-,26-15+. The molecule has 0 unspecified atom stereocenters. The van der Waals surface area contributed by atoms with Crippen molar-refractivity contribution in [3.63, 3.8) is 0 Å². The number of carbonyl (C=O) groups excluding carboxylic acids is 1. The molecule has 2 aliphatic rings. The fourth-order valence-corrected chi connectivity index (χ4v) is 4.30. The molecule has 0 saturated carbocycles. The van der Waals surface area contributed by atoms with Gasteiger partial charge in [0.2, 0.25) is 5.96 Å². The Morgan fingerprint density at radius 1 is 1.28 bits per heavy atom. The van der Waals surface area contributed by atoms with Crippen LogP contribution in [0.3, 0.4) is 0 Å². The van der Waals surface area contributed by atoms with Crippen molar-refractivity contribution in [1.82, 2.24) is 14.7 Å². The van der Waals surface area contributed by atoms with E-state index in [0.29, 0.717) is 42.5 Å². The molecule has 1 aromatic carbocycles. The molecule has 2 aromatic rings. The largest absolute Gasteiger partial charge is 0.292 e. The van der Waals surface area contributed by atoms with Gasteiger partial charge in [0.1, 0.15) is 5.56 Å². The maximum atomic E-state index is 13.2. The molecule has 0 N–H and O–H groups in total. The average Bonchev–Trinajstić information content (AvgIpc) is 3.27. The van der Waals surface area contributed by atoms with E-state index in [2.05, 4.69) is 18.8 Å². The van der Waals surface area contributed by atoms with Crippen molar-refractivity contribution in [2.75, 3.05) is 18.5 Å². The third-order valence-electron chi connectivity index (χ3n) is 5.77. The van der Waals surface area contributed by atoms with E-state index in [1.807, 2.05) is 47.7 Å². The molecule has 8 heteroatoms. The minimum Gasteiger partial charge on any atom is -0.292 e. The van der Waals surface area contributed by atoms with Crippen LogP contribution in [0.5, 0.6) is 0 Å². The van der Waals surface area contributed by atoms with Crippen molar-refractivity contribution >= 4 is 29.3 Å². The van der Waals surface area contributed by atoms with Gasteiger partial charge in [0, 0.05) is 14.0 Å². The first-order chi connectivity index (χ1) is 15.1. The normalized spacial score (nSPS) is 18.1. The Morgan fingerprint density at radius 2 is 1.97 bits per heavy atom. The monoisotopic (exact) mass is 436 g/mol. The third-order valence-corrected chi connectivity index (χ3v) is 5.77. The van der Waals surface area contributed by atoms with Gasteiger partial charge in [0.15, 0.2) is 11.8 Å². The molecule has 3 heterocycles. The molecule has 4 rings (SSSR count). The molecule has 7 nitrogen and oxygen atoms in total. The van der Waals surface area contributed by atoms with Crippen LogP contribution in [0.1, 0.15) is 61.8 Å². The summed E-state index contributed by atoms with van der Waals surface area (Å²) in [6, 6.07) is 7.83. The Hall–Kier alpha value is -3.29. The lowest BCUT2D eigenvalue weighted by Crippen LogP contribution is -2.48. The van der Waals surface area contributed by atoms with Crippen LogP contribution in [0.4, 0.5) is 10.2 Å². The zero-order chi connectivity index (χ0) is 23.2. The summed E-state index contributed by atoms with van der Waals surface area (Å²) in [5, 5.41) is 4.85. The fraction of sp³-hybridized carbons (Fsp3) is 0.417. The number of hydrogen-bond acceptors (Lipinski definition) is 5. The summed E-state index contributed by atoms with van der Waals surface area (Å²) in [5.74, 6) is 0.810. The lowest BCUT2D eigenvalue weighted by Gasteiger charge is -2.30. The van der Waals surface area contributed by atoms with Crippen LogP contribution in [0.25, 0.3) is 5.70 Å². The van der Waals surface area contributed by atoms with Crippen LogP contribution >= 0.6 is 0 Å². The number of fused-ring (bicyclic) bond motifs is 3. The van der Waals surface area contributed by atoms with E-state index < -0.39 is 5.97 Å². The molecular formula is C24H29FN6O. The number of halogens is 1. The number of carbonyl (C=O) groups is 1. The van der Waals surface area contributed by atoms with Crippen molar-refractivity contribution in [3.8, 4) is 0 Å². The quantitative estimate of drug-likeness (QED) is 0.657. The molecule has 2 aliphatic heterocycles. The second-order valence-electron chi connectivity index (χ2n) is 8.81. The zero-order valence-electron chi connectivity index (χ0n) is 19.5. The number of aromatic nitrogens is 2. The summed E-state index contributed by atoms with van der Waals surface area (Å²) in [6.45, 7) is 10.5. The molecule has 0 aliphatic carbocycles. The van der Waals surface area contributed by atoms with E-state index in [1.165, 1.54) is 6.92 Å². The number of amides is 1. The van der Waals surface area contributed by atoms with Crippen LogP contribution in [0, 0.1) is 0 Å². The summed E-state index contributed by atoms with van der Waals surface area (Å²) < 4.78 is 15.2. The molecule has 0 bridgehead atoms. The maximum absolute atomic E-state index is 13.2. The molecular weight excluding hydrogens is 407 g/mol. The van der Waals surface area contributed by atoms with E-state index in [9.17, 15) is 9.18 Å². The number of hydrogen-bond donors (Lipinski definition) is 0. The Labute approximate surface area is 188 Å². The molecule has 1 amide bonds. The highest BCUT2D eigenvalue weighted by Crippen LogP contribution is 2.36. The van der Waals surface area contributed by atoms with Gasteiger partial charge in [-0.25, -0.2) is 9.98 Å². The van der Waals surface area contributed by atoms with Gasteiger partial charge in [0.05, 0.1) is 30.0 Å². The Bertz CT molecular complexity index is 1150. The molecule has 1 aromatic heterocycles. The number of nitrogens with zero attached hydrogens (tertiary/aromatic N) is 6. The number of allylic oxidation sites excluding steroid dienone is 1. The van der Waals surface area contributed by atoms with Crippen LogP contribution < -0.4 is 4.90 Å². The van der Waals surface area contributed by atoms with Crippen molar-refractivity contribution < 1.29 is 9.18 Å². The van der Waals surface area contributed by atoms with Gasteiger partial charge in [-0.05, 0) is 38.3 Å². The van der Waals surface area contributed by atoms with Crippen molar-refractivity contribution in [2.45, 2.75) is 53.1 Å². The van der Waals surface area contributed by atoms with Crippen LogP contribution in [-0.4, -0.2) is 51.6 Å². The first-order valence-corrected chi connectivity index (χ1v) is 10.9. The summed E-state index contributed by atoms with van der Waals surface area (Å²) in [4.78, 5) is 25.5. The van der Waals surface area contributed by atoms with Gasteiger partial charge in [0.25, 0.3) is 5.91 Å². The van der Waals surface area contributed by atoms with Gasteiger partial charge in [-0.1, -0.05) is 37.3 Å². The molecule has 32 heavy (non-hydrogen) atoms. The highest BCUT2D eigenvalue weighted by Gasteiger charge is 2.44. The lowest BCUT2D eigenvalue weighted by molar-refractivity contribution is 0.0864. The van der Waals surface area contributed by atoms with Gasteiger partial charge in [-0.15, -0.1) is 0 Å². The van der Waals surface area contributed by atoms with E-state index >= 15 is 0 Å².